The second kappa shape index (κ2) is 5.20. The van der Waals surface area contributed by atoms with Crippen LogP contribution in [-0.2, 0) is 0 Å². The highest BCUT2D eigenvalue weighted by atomic mass is 16.4. The molecule has 1 aromatic heterocycles. The van der Waals surface area contributed by atoms with Crippen molar-refractivity contribution in [1.82, 2.24) is 15.2 Å². The number of amides is 1. The second-order valence-corrected chi connectivity index (χ2v) is 6.19. The number of oxazole rings is 1. The molecule has 3 rings (SSSR count). The zero-order chi connectivity index (χ0) is 14.2. The van der Waals surface area contributed by atoms with Crippen LogP contribution in [0.1, 0.15) is 47.8 Å². The molecule has 2 aliphatic heterocycles. The lowest BCUT2D eigenvalue weighted by molar-refractivity contribution is 0.0468. The molecule has 0 unspecified atom stereocenters. The Bertz CT molecular complexity index is 493. The molecule has 0 radical (unpaired) electrons. The molecule has 1 amide bonds. The lowest BCUT2D eigenvalue weighted by Crippen LogP contribution is -2.47. The van der Waals surface area contributed by atoms with Crippen molar-refractivity contribution >= 4 is 5.91 Å². The number of aromatic nitrogens is 1. The summed E-state index contributed by atoms with van der Waals surface area (Å²) in [5.74, 6) is 0.994. The molecule has 2 saturated heterocycles. The van der Waals surface area contributed by atoms with Gasteiger partial charge in [0.05, 0.1) is 5.69 Å². The van der Waals surface area contributed by atoms with Crippen LogP contribution >= 0.6 is 0 Å². The maximum Gasteiger partial charge on any atom is 0.291 e. The van der Waals surface area contributed by atoms with Gasteiger partial charge < -0.3 is 14.6 Å². The average molecular weight is 277 g/mol. The summed E-state index contributed by atoms with van der Waals surface area (Å²) in [7, 11) is 0. The van der Waals surface area contributed by atoms with Gasteiger partial charge in [0.1, 0.15) is 0 Å². The summed E-state index contributed by atoms with van der Waals surface area (Å²) >= 11 is 0. The van der Waals surface area contributed by atoms with Gasteiger partial charge >= 0.3 is 0 Å². The van der Waals surface area contributed by atoms with Crippen molar-refractivity contribution in [2.45, 2.75) is 39.5 Å². The van der Waals surface area contributed by atoms with Crippen LogP contribution in [0.3, 0.4) is 0 Å². The van der Waals surface area contributed by atoms with Crippen molar-refractivity contribution in [2.75, 3.05) is 26.2 Å². The molecule has 0 bridgehead atoms. The molecule has 1 spiro atoms. The Morgan fingerprint density at radius 2 is 1.85 bits per heavy atom. The van der Waals surface area contributed by atoms with Crippen LogP contribution in [0.15, 0.2) is 4.42 Å². The van der Waals surface area contributed by atoms with Crippen LogP contribution in [-0.4, -0.2) is 42.0 Å². The number of aryl methyl sites for hydroxylation is 2. The number of carbonyl (C=O) groups excluding carboxylic acids is 1. The van der Waals surface area contributed by atoms with E-state index in [1.165, 1.54) is 12.8 Å². The fourth-order valence-electron chi connectivity index (χ4n) is 3.51. The third-order valence-electron chi connectivity index (χ3n) is 4.87. The highest BCUT2D eigenvalue weighted by molar-refractivity contribution is 5.92. The Kier molecular flexibility index (Phi) is 3.54. The van der Waals surface area contributed by atoms with E-state index in [0.29, 0.717) is 22.8 Å². The number of piperidine rings is 2. The summed E-state index contributed by atoms with van der Waals surface area (Å²) in [6.45, 7) is 7.55. The Morgan fingerprint density at radius 1 is 1.20 bits per heavy atom. The first kappa shape index (κ1) is 13.6. The Morgan fingerprint density at radius 3 is 2.40 bits per heavy atom. The highest BCUT2D eigenvalue weighted by Gasteiger charge is 2.37. The van der Waals surface area contributed by atoms with E-state index in [1.807, 2.05) is 11.8 Å². The topological polar surface area (TPSA) is 58.4 Å². The van der Waals surface area contributed by atoms with Crippen LogP contribution in [0.4, 0.5) is 0 Å². The lowest BCUT2D eigenvalue weighted by atomic mass is 9.71. The molecular weight excluding hydrogens is 254 g/mol. The van der Waals surface area contributed by atoms with Gasteiger partial charge in [0, 0.05) is 20.0 Å². The van der Waals surface area contributed by atoms with Gasteiger partial charge in [0.25, 0.3) is 5.91 Å². The van der Waals surface area contributed by atoms with Crippen molar-refractivity contribution in [3.8, 4) is 0 Å². The molecule has 5 heteroatoms. The molecule has 1 N–H and O–H groups in total. The van der Waals surface area contributed by atoms with E-state index in [0.717, 1.165) is 39.0 Å². The summed E-state index contributed by atoms with van der Waals surface area (Å²) in [6.07, 6.45) is 4.73. The summed E-state index contributed by atoms with van der Waals surface area (Å²) in [6, 6.07) is 0. The maximum atomic E-state index is 12.5. The summed E-state index contributed by atoms with van der Waals surface area (Å²) in [4.78, 5) is 18.6. The van der Waals surface area contributed by atoms with E-state index in [-0.39, 0.29) is 5.91 Å². The van der Waals surface area contributed by atoms with Crippen LogP contribution in [0.25, 0.3) is 0 Å². The van der Waals surface area contributed by atoms with Gasteiger partial charge in [-0.3, -0.25) is 4.79 Å². The second-order valence-electron chi connectivity index (χ2n) is 6.19. The Hall–Kier alpha value is -1.36. The van der Waals surface area contributed by atoms with Gasteiger partial charge in [0.2, 0.25) is 5.76 Å². The fraction of sp³-hybridized carbons (Fsp3) is 0.733. The van der Waals surface area contributed by atoms with E-state index in [9.17, 15) is 4.79 Å². The number of likely N-dealkylation sites (tertiary alicyclic amines) is 1. The molecule has 3 heterocycles. The predicted octanol–water partition coefficient (Wildman–Crippen LogP) is 1.90. The SMILES string of the molecule is Cc1nc(C)c(C(=O)N2CCC3(CCNCC3)CC2)o1. The number of nitrogens with one attached hydrogen (secondary N) is 1. The number of carbonyl (C=O) groups is 1. The molecule has 2 aliphatic rings. The third kappa shape index (κ3) is 2.46. The molecule has 0 aliphatic carbocycles. The van der Waals surface area contributed by atoms with Crippen LogP contribution in [0.5, 0.6) is 0 Å². The van der Waals surface area contributed by atoms with Gasteiger partial charge in [-0.05, 0) is 51.1 Å². The Balaban J connectivity index is 1.66. The quantitative estimate of drug-likeness (QED) is 0.851. The van der Waals surface area contributed by atoms with Crippen LogP contribution in [0.2, 0.25) is 0 Å². The van der Waals surface area contributed by atoms with Crippen molar-refractivity contribution in [3.63, 3.8) is 0 Å². The van der Waals surface area contributed by atoms with Crippen LogP contribution in [0, 0.1) is 19.3 Å². The summed E-state index contributed by atoms with van der Waals surface area (Å²) in [5.41, 5.74) is 1.17. The van der Waals surface area contributed by atoms with Gasteiger partial charge in [-0.15, -0.1) is 0 Å². The average Bonchev–Trinajstić information content (AvgIpc) is 2.79. The highest BCUT2D eigenvalue weighted by Crippen LogP contribution is 2.39. The largest absolute Gasteiger partial charge is 0.436 e. The molecular formula is C15H23N3O2. The number of hydrogen-bond donors (Lipinski definition) is 1. The molecule has 0 atom stereocenters. The van der Waals surface area contributed by atoms with Gasteiger partial charge in [-0.2, -0.15) is 0 Å². The molecule has 2 fully saturated rings. The van der Waals surface area contributed by atoms with Gasteiger partial charge in [-0.25, -0.2) is 4.98 Å². The molecule has 0 aromatic carbocycles. The minimum atomic E-state index is 0.00637. The molecule has 5 nitrogen and oxygen atoms in total. The zero-order valence-electron chi connectivity index (χ0n) is 12.4. The molecule has 20 heavy (non-hydrogen) atoms. The number of rotatable bonds is 1. The van der Waals surface area contributed by atoms with Crippen LogP contribution < -0.4 is 5.32 Å². The van der Waals surface area contributed by atoms with E-state index >= 15 is 0 Å². The summed E-state index contributed by atoms with van der Waals surface area (Å²) in [5, 5.41) is 3.42. The summed E-state index contributed by atoms with van der Waals surface area (Å²) < 4.78 is 5.45. The third-order valence-corrected chi connectivity index (χ3v) is 4.87. The zero-order valence-corrected chi connectivity index (χ0v) is 12.4. The van der Waals surface area contributed by atoms with Crippen molar-refractivity contribution in [1.29, 1.82) is 0 Å². The first-order valence-corrected chi connectivity index (χ1v) is 7.54. The van der Waals surface area contributed by atoms with E-state index < -0.39 is 0 Å². The lowest BCUT2D eigenvalue weighted by Gasteiger charge is -2.44. The standard InChI is InChI=1S/C15H23N3O2/c1-11-13(20-12(2)17-11)14(19)18-9-5-15(6-10-18)3-7-16-8-4-15/h16H,3-10H2,1-2H3. The minimum Gasteiger partial charge on any atom is -0.436 e. The molecule has 1 aromatic rings. The monoisotopic (exact) mass is 277 g/mol. The van der Waals surface area contributed by atoms with E-state index in [4.69, 9.17) is 4.42 Å². The van der Waals surface area contributed by atoms with Crippen molar-refractivity contribution < 1.29 is 9.21 Å². The Labute approximate surface area is 119 Å². The normalized spacial score (nSPS) is 22.2. The maximum absolute atomic E-state index is 12.5. The van der Waals surface area contributed by atoms with E-state index in [1.54, 1.807) is 6.92 Å². The van der Waals surface area contributed by atoms with Crippen molar-refractivity contribution in [2.24, 2.45) is 5.41 Å². The minimum absolute atomic E-state index is 0.00637. The number of hydrogen-bond acceptors (Lipinski definition) is 4. The number of nitrogens with zero attached hydrogens (tertiary/aromatic N) is 2. The predicted molar refractivity (Wildman–Crippen MR) is 75.7 cm³/mol. The molecule has 110 valence electrons. The van der Waals surface area contributed by atoms with E-state index in [2.05, 4.69) is 10.3 Å². The van der Waals surface area contributed by atoms with Crippen molar-refractivity contribution in [3.05, 3.63) is 17.3 Å². The first-order chi connectivity index (χ1) is 9.60. The van der Waals surface area contributed by atoms with Gasteiger partial charge in [-0.1, -0.05) is 0 Å². The smallest absolute Gasteiger partial charge is 0.291 e. The van der Waals surface area contributed by atoms with Gasteiger partial charge in [0.15, 0.2) is 5.89 Å². The molecule has 0 saturated carbocycles. The first-order valence-electron chi connectivity index (χ1n) is 7.54. The fourth-order valence-corrected chi connectivity index (χ4v) is 3.51.